The number of hydrogen-bond acceptors (Lipinski definition) is 5. The molecule has 0 spiro atoms. The van der Waals surface area contributed by atoms with Crippen LogP contribution >= 0.6 is 0 Å². The number of halogens is 3. The number of carbonyl (C=O) groups excluding carboxylic acids is 2. The summed E-state index contributed by atoms with van der Waals surface area (Å²) in [6, 6.07) is 5.83. The maximum atomic E-state index is 14.0. The predicted octanol–water partition coefficient (Wildman–Crippen LogP) is 3.20. The Hall–Kier alpha value is -1.94. The molecule has 0 saturated heterocycles. The zero-order valence-corrected chi connectivity index (χ0v) is 17.1. The van der Waals surface area contributed by atoms with E-state index in [2.05, 4.69) is 4.74 Å². The van der Waals surface area contributed by atoms with Gasteiger partial charge in [-0.05, 0) is 46.8 Å². The third-order valence-corrected chi connectivity index (χ3v) is 4.67. The van der Waals surface area contributed by atoms with Crippen molar-refractivity contribution < 1.29 is 36.4 Å². The van der Waals surface area contributed by atoms with E-state index in [0.717, 1.165) is 5.56 Å². The summed E-state index contributed by atoms with van der Waals surface area (Å²) in [7, 11) is -2.45. The minimum atomic E-state index is -5.28. The summed E-state index contributed by atoms with van der Waals surface area (Å²) in [5.74, 6) is -3.04. The van der Waals surface area contributed by atoms with Crippen LogP contribution in [-0.4, -0.2) is 40.1 Å². The van der Waals surface area contributed by atoms with Crippen molar-refractivity contribution in [1.82, 2.24) is 4.72 Å². The lowest BCUT2D eigenvalue weighted by molar-refractivity contribution is -0.215. The molecule has 0 saturated carbocycles. The maximum absolute atomic E-state index is 14.0. The SMILES string of the molecule is CCOC(=O)[C@](CC(=O)OC(C)(C)C)(N[S@@](=O)c1ccc(C)cc1)C(F)(F)F. The van der Waals surface area contributed by atoms with Crippen molar-refractivity contribution in [2.45, 2.75) is 63.3 Å². The molecular weight excluding hydrogens is 399 g/mol. The van der Waals surface area contributed by atoms with E-state index >= 15 is 0 Å². The van der Waals surface area contributed by atoms with Gasteiger partial charge in [0.25, 0.3) is 0 Å². The molecule has 10 heteroatoms. The van der Waals surface area contributed by atoms with Crippen molar-refractivity contribution in [2.75, 3.05) is 6.61 Å². The predicted molar refractivity (Wildman–Crippen MR) is 96.6 cm³/mol. The van der Waals surface area contributed by atoms with Crippen LogP contribution in [0.2, 0.25) is 0 Å². The Morgan fingerprint density at radius 1 is 1.11 bits per heavy atom. The molecule has 1 aromatic rings. The molecule has 0 amide bonds. The number of benzene rings is 1. The van der Waals surface area contributed by atoms with Crippen LogP contribution in [0.5, 0.6) is 0 Å². The number of aryl methyl sites for hydroxylation is 1. The molecule has 0 aliphatic carbocycles. The maximum Gasteiger partial charge on any atom is 0.418 e. The largest absolute Gasteiger partial charge is 0.464 e. The Morgan fingerprint density at radius 3 is 2.07 bits per heavy atom. The Labute approximate surface area is 164 Å². The summed E-state index contributed by atoms with van der Waals surface area (Å²) in [5, 5.41) is 0. The summed E-state index contributed by atoms with van der Waals surface area (Å²) >= 11 is 0. The van der Waals surface area contributed by atoms with Crippen molar-refractivity contribution in [3.05, 3.63) is 29.8 Å². The minimum Gasteiger partial charge on any atom is -0.464 e. The monoisotopic (exact) mass is 423 g/mol. The third-order valence-electron chi connectivity index (χ3n) is 3.44. The zero-order valence-electron chi connectivity index (χ0n) is 16.3. The van der Waals surface area contributed by atoms with Crippen LogP contribution < -0.4 is 4.72 Å². The molecule has 0 fully saturated rings. The second-order valence-electron chi connectivity index (χ2n) is 7.07. The molecule has 0 aromatic heterocycles. The van der Waals surface area contributed by atoms with E-state index in [-0.39, 0.29) is 11.5 Å². The molecule has 158 valence electrons. The van der Waals surface area contributed by atoms with E-state index in [0.29, 0.717) is 0 Å². The smallest absolute Gasteiger partial charge is 0.418 e. The number of ether oxygens (including phenoxy) is 2. The first kappa shape index (κ1) is 24.1. The highest BCUT2D eigenvalue weighted by atomic mass is 32.2. The van der Waals surface area contributed by atoms with Gasteiger partial charge in [-0.1, -0.05) is 17.7 Å². The van der Waals surface area contributed by atoms with Gasteiger partial charge in [0.2, 0.25) is 5.54 Å². The molecule has 1 N–H and O–H groups in total. The average molecular weight is 423 g/mol. The molecule has 0 unspecified atom stereocenters. The van der Waals surface area contributed by atoms with Crippen LogP contribution in [0, 0.1) is 6.92 Å². The van der Waals surface area contributed by atoms with E-state index in [4.69, 9.17) is 4.74 Å². The highest BCUT2D eigenvalue weighted by molar-refractivity contribution is 7.83. The summed E-state index contributed by atoms with van der Waals surface area (Å²) in [5.41, 5.74) is -3.79. The van der Waals surface area contributed by atoms with Crippen molar-refractivity contribution >= 4 is 22.9 Å². The Morgan fingerprint density at radius 2 is 1.64 bits per heavy atom. The second-order valence-corrected chi connectivity index (χ2v) is 8.28. The lowest BCUT2D eigenvalue weighted by Crippen LogP contribution is -2.64. The first-order valence-electron chi connectivity index (χ1n) is 8.44. The molecular formula is C18H24F3NO5S. The van der Waals surface area contributed by atoms with Gasteiger partial charge in [-0.25, -0.2) is 13.7 Å². The van der Waals surface area contributed by atoms with E-state index in [1.165, 1.54) is 39.8 Å². The summed E-state index contributed by atoms with van der Waals surface area (Å²) in [6.07, 6.45) is -6.71. The molecule has 0 bridgehead atoms. The lowest BCUT2D eigenvalue weighted by atomic mass is 9.95. The van der Waals surface area contributed by atoms with E-state index in [1.54, 1.807) is 23.8 Å². The van der Waals surface area contributed by atoms with Crippen molar-refractivity contribution in [1.29, 1.82) is 0 Å². The quantitative estimate of drug-likeness (QED) is 0.681. The number of esters is 2. The molecule has 0 heterocycles. The average Bonchev–Trinajstić information content (AvgIpc) is 2.51. The fourth-order valence-electron chi connectivity index (χ4n) is 2.15. The Kier molecular flexibility index (Phi) is 7.78. The zero-order chi connectivity index (χ0) is 21.8. The third kappa shape index (κ3) is 6.30. The van der Waals surface area contributed by atoms with Crippen molar-refractivity contribution in [3.8, 4) is 0 Å². The van der Waals surface area contributed by atoms with Gasteiger partial charge in [-0.15, -0.1) is 0 Å². The lowest BCUT2D eigenvalue weighted by Gasteiger charge is -2.33. The van der Waals surface area contributed by atoms with Gasteiger partial charge in [-0.2, -0.15) is 13.2 Å². The van der Waals surface area contributed by atoms with Crippen molar-refractivity contribution in [3.63, 3.8) is 0 Å². The molecule has 0 aliphatic rings. The Balaban J connectivity index is 3.34. The number of alkyl halides is 3. The van der Waals surface area contributed by atoms with Crippen molar-refractivity contribution in [2.24, 2.45) is 0 Å². The second kappa shape index (κ2) is 9.04. The topological polar surface area (TPSA) is 81.7 Å². The summed E-state index contributed by atoms with van der Waals surface area (Å²) in [4.78, 5) is 24.4. The molecule has 2 atom stereocenters. The highest BCUT2D eigenvalue weighted by Crippen LogP contribution is 2.36. The van der Waals surface area contributed by atoms with Gasteiger partial charge in [0.05, 0.1) is 17.9 Å². The first-order chi connectivity index (χ1) is 12.7. The van der Waals surface area contributed by atoms with Crippen LogP contribution in [0.15, 0.2) is 29.2 Å². The van der Waals surface area contributed by atoms with Crippen LogP contribution in [0.1, 0.15) is 39.7 Å². The van der Waals surface area contributed by atoms with E-state index in [1.807, 2.05) is 0 Å². The van der Waals surface area contributed by atoms with Crippen LogP contribution in [0.25, 0.3) is 0 Å². The first-order valence-corrected chi connectivity index (χ1v) is 9.59. The minimum absolute atomic E-state index is 0.00714. The van der Waals surface area contributed by atoms with E-state index in [9.17, 15) is 27.0 Å². The molecule has 28 heavy (non-hydrogen) atoms. The number of nitrogens with one attached hydrogen (secondary N) is 1. The van der Waals surface area contributed by atoms with Gasteiger partial charge in [-0.3, -0.25) is 4.79 Å². The fourth-order valence-corrected chi connectivity index (χ4v) is 3.24. The molecule has 1 rings (SSSR count). The van der Waals surface area contributed by atoms with Gasteiger partial charge in [0.15, 0.2) is 0 Å². The number of rotatable bonds is 7. The highest BCUT2D eigenvalue weighted by Gasteiger charge is 2.64. The fraction of sp³-hybridized carbons (Fsp3) is 0.556. The van der Waals surface area contributed by atoms with Crippen LogP contribution in [-0.2, 0) is 30.0 Å². The summed E-state index contributed by atoms with van der Waals surface area (Å²) < 4.78 is 65.7. The van der Waals surface area contributed by atoms with Gasteiger partial charge in [0.1, 0.15) is 16.6 Å². The van der Waals surface area contributed by atoms with Crippen LogP contribution in [0.3, 0.4) is 0 Å². The number of hydrogen-bond donors (Lipinski definition) is 1. The van der Waals surface area contributed by atoms with Gasteiger partial charge in [0, 0.05) is 0 Å². The summed E-state index contributed by atoms with van der Waals surface area (Å²) in [6.45, 7) is 7.14. The van der Waals surface area contributed by atoms with Gasteiger partial charge >= 0.3 is 18.1 Å². The van der Waals surface area contributed by atoms with E-state index < -0.39 is 46.7 Å². The Bertz CT molecular complexity index is 728. The van der Waals surface area contributed by atoms with Gasteiger partial charge < -0.3 is 9.47 Å². The standard InChI is InChI=1S/C18H24F3NO5S/c1-6-26-15(24)17(18(19,20)21,11-14(23)27-16(3,4)5)22-28(25)13-9-7-12(2)8-10-13/h7-10,22H,6,11H2,1-5H3/t17-,28-/m0/s1. The molecule has 1 aromatic carbocycles. The van der Waals surface area contributed by atoms with Crippen LogP contribution in [0.4, 0.5) is 13.2 Å². The molecule has 6 nitrogen and oxygen atoms in total. The normalized spacial score (nSPS) is 15.4. The molecule has 0 radical (unpaired) electrons. The number of carbonyl (C=O) groups is 2. The molecule has 0 aliphatic heterocycles.